The Morgan fingerprint density at radius 1 is 1.25 bits per heavy atom. The van der Waals surface area contributed by atoms with Crippen molar-refractivity contribution < 1.29 is 18.8 Å². The monoisotopic (exact) mass is 458 g/mol. The zero-order valence-corrected chi connectivity index (χ0v) is 18.3. The highest BCUT2D eigenvalue weighted by atomic mass is 35.5. The Kier molecular flexibility index (Phi) is 7.58. The lowest BCUT2D eigenvalue weighted by atomic mass is 9.92. The zero-order valence-electron chi connectivity index (χ0n) is 17.6. The van der Waals surface area contributed by atoms with Crippen molar-refractivity contribution in [3.05, 3.63) is 64.6 Å². The van der Waals surface area contributed by atoms with Crippen molar-refractivity contribution in [3.8, 4) is 0 Å². The normalized spacial score (nSPS) is 13.0. The van der Waals surface area contributed by atoms with Crippen LogP contribution >= 0.6 is 11.6 Å². The van der Waals surface area contributed by atoms with Gasteiger partial charge in [-0.2, -0.15) is 5.10 Å². The van der Waals surface area contributed by atoms with E-state index in [0.717, 1.165) is 6.29 Å². The molecule has 3 N–H and O–H groups in total. The van der Waals surface area contributed by atoms with Gasteiger partial charge in [0.2, 0.25) is 5.91 Å². The summed E-state index contributed by atoms with van der Waals surface area (Å²) in [5.74, 6) is -2.01. The molecule has 168 valence electrons. The fraction of sp³-hybridized carbons (Fsp3) is 0.304. The van der Waals surface area contributed by atoms with Crippen molar-refractivity contribution in [1.29, 1.82) is 0 Å². The number of amides is 2. The van der Waals surface area contributed by atoms with Crippen molar-refractivity contribution in [2.45, 2.75) is 38.8 Å². The number of primary amides is 1. The highest BCUT2D eigenvalue weighted by molar-refractivity contribution is 6.30. The Hall–Kier alpha value is -3.26. The van der Waals surface area contributed by atoms with Crippen LogP contribution < -0.4 is 11.1 Å². The SMILES string of the molecule is CCC(CC(C=O)Cc1cccc(Cl)c1F)NC(=O)Cn1nc(C(N)=O)c2ccccc21. The van der Waals surface area contributed by atoms with Gasteiger partial charge in [0.1, 0.15) is 18.6 Å². The van der Waals surface area contributed by atoms with Crippen LogP contribution in [0, 0.1) is 11.7 Å². The molecule has 0 aliphatic heterocycles. The van der Waals surface area contributed by atoms with E-state index in [9.17, 15) is 18.8 Å². The molecule has 2 amide bonds. The summed E-state index contributed by atoms with van der Waals surface area (Å²) in [6.45, 7) is 1.78. The number of nitrogens with zero attached hydrogens (tertiary/aromatic N) is 2. The Labute approximate surface area is 189 Å². The summed E-state index contributed by atoms with van der Waals surface area (Å²) in [6, 6.07) is 11.4. The molecule has 0 spiro atoms. The molecular formula is C23H24ClFN4O3. The maximum absolute atomic E-state index is 14.2. The van der Waals surface area contributed by atoms with Crippen LogP contribution in [0.1, 0.15) is 35.8 Å². The molecule has 0 radical (unpaired) electrons. The van der Waals surface area contributed by atoms with Gasteiger partial charge in [-0.1, -0.05) is 48.9 Å². The van der Waals surface area contributed by atoms with Crippen LogP contribution in [-0.2, 0) is 22.6 Å². The third-order valence-electron chi connectivity index (χ3n) is 5.34. The quantitative estimate of drug-likeness (QED) is 0.454. The minimum Gasteiger partial charge on any atom is -0.364 e. The lowest BCUT2D eigenvalue weighted by Gasteiger charge is -2.21. The number of rotatable bonds is 10. The topological polar surface area (TPSA) is 107 Å². The maximum atomic E-state index is 14.2. The average Bonchev–Trinajstić information content (AvgIpc) is 3.14. The molecule has 32 heavy (non-hydrogen) atoms. The van der Waals surface area contributed by atoms with Crippen molar-refractivity contribution in [3.63, 3.8) is 0 Å². The van der Waals surface area contributed by atoms with E-state index >= 15 is 0 Å². The molecule has 0 aliphatic carbocycles. The summed E-state index contributed by atoms with van der Waals surface area (Å²) in [7, 11) is 0. The van der Waals surface area contributed by atoms with Crippen molar-refractivity contribution in [2.75, 3.05) is 0 Å². The summed E-state index contributed by atoms with van der Waals surface area (Å²) < 4.78 is 15.6. The number of nitrogens with one attached hydrogen (secondary N) is 1. The summed E-state index contributed by atoms with van der Waals surface area (Å²) in [6.07, 6.45) is 1.90. The number of benzene rings is 2. The van der Waals surface area contributed by atoms with E-state index in [1.165, 1.54) is 10.7 Å². The maximum Gasteiger partial charge on any atom is 0.269 e. The lowest BCUT2D eigenvalue weighted by Crippen LogP contribution is -2.38. The molecule has 0 saturated carbocycles. The minimum absolute atomic E-state index is 0.00859. The van der Waals surface area contributed by atoms with Crippen LogP contribution in [0.5, 0.6) is 0 Å². The number of fused-ring (bicyclic) bond motifs is 1. The molecule has 2 unspecified atom stereocenters. The number of para-hydroxylation sites is 1. The number of hydrogen-bond donors (Lipinski definition) is 2. The fourth-order valence-electron chi connectivity index (χ4n) is 3.71. The van der Waals surface area contributed by atoms with Crippen molar-refractivity contribution >= 4 is 40.6 Å². The van der Waals surface area contributed by atoms with Gasteiger partial charge in [-0.15, -0.1) is 0 Å². The number of nitrogens with two attached hydrogens (primary N) is 1. The smallest absolute Gasteiger partial charge is 0.269 e. The molecule has 2 aromatic carbocycles. The molecule has 1 heterocycles. The van der Waals surface area contributed by atoms with Gasteiger partial charge in [-0.25, -0.2) is 4.39 Å². The molecule has 9 heteroatoms. The molecular weight excluding hydrogens is 435 g/mol. The number of carbonyl (C=O) groups excluding carboxylic acids is 3. The first-order chi connectivity index (χ1) is 15.3. The molecule has 7 nitrogen and oxygen atoms in total. The third-order valence-corrected chi connectivity index (χ3v) is 5.63. The van der Waals surface area contributed by atoms with E-state index in [4.69, 9.17) is 17.3 Å². The van der Waals surface area contributed by atoms with Crippen molar-refractivity contribution in [2.24, 2.45) is 11.7 Å². The zero-order chi connectivity index (χ0) is 23.3. The number of hydrogen-bond acceptors (Lipinski definition) is 4. The highest BCUT2D eigenvalue weighted by Gasteiger charge is 2.21. The van der Waals surface area contributed by atoms with Gasteiger partial charge in [0.05, 0.1) is 10.5 Å². The van der Waals surface area contributed by atoms with Gasteiger partial charge < -0.3 is 15.8 Å². The second-order valence-corrected chi connectivity index (χ2v) is 8.02. The molecule has 3 aromatic rings. The van der Waals surface area contributed by atoms with Gasteiger partial charge in [0.15, 0.2) is 5.69 Å². The van der Waals surface area contributed by atoms with E-state index in [1.54, 1.807) is 36.4 Å². The number of aromatic nitrogens is 2. The predicted octanol–water partition coefficient (Wildman–Crippen LogP) is 3.27. The Balaban J connectivity index is 1.68. The lowest BCUT2D eigenvalue weighted by molar-refractivity contribution is -0.123. The molecule has 1 aromatic heterocycles. The highest BCUT2D eigenvalue weighted by Crippen LogP contribution is 2.22. The Morgan fingerprint density at radius 3 is 2.69 bits per heavy atom. The van der Waals surface area contributed by atoms with Gasteiger partial charge in [0.25, 0.3) is 5.91 Å². The predicted molar refractivity (Wildman–Crippen MR) is 120 cm³/mol. The largest absolute Gasteiger partial charge is 0.364 e. The first kappa shape index (κ1) is 23.4. The van der Waals surface area contributed by atoms with Gasteiger partial charge in [-0.3, -0.25) is 14.3 Å². The Bertz CT molecular complexity index is 1150. The second kappa shape index (κ2) is 10.4. The summed E-state index contributed by atoms with van der Waals surface area (Å²) in [5.41, 5.74) is 6.47. The average molecular weight is 459 g/mol. The van der Waals surface area contributed by atoms with Crippen LogP contribution in [-0.4, -0.2) is 33.9 Å². The summed E-state index contributed by atoms with van der Waals surface area (Å²) in [5, 5.41) is 7.67. The van der Waals surface area contributed by atoms with Crippen molar-refractivity contribution in [1.82, 2.24) is 15.1 Å². The van der Waals surface area contributed by atoms with E-state index in [-0.39, 0.29) is 35.6 Å². The number of halogens is 2. The summed E-state index contributed by atoms with van der Waals surface area (Å²) >= 11 is 5.82. The van der Waals surface area contributed by atoms with Crippen LogP contribution in [0.2, 0.25) is 5.02 Å². The van der Waals surface area contributed by atoms with E-state index < -0.39 is 17.6 Å². The second-order valence-electron chi connectivity index (χ2n) is 7.61. The fourth-order valence-corrected chi connectivity index (χ4v) is 3.90. The van der Waals surface area contributed by atoms with Gasteiger partial charge >= 0.3 is 0 Å². The standard InChI is InChI=1S/C23H24ClFN4O3/c1-2-16(11-14(13-30)10-15-6-5-8-18(24)21(15)25)27-20(31)12-29-19-9-4-3-7-17(19)22(28-29)23(26)32/h3-9,13-14,16H,2,10-12H2,1H3,(H2,26,32)(H,27,31). The minimum atomic E-state index is -0.672. The molecule has 3 rings (SSSR count). The molecule has 2 atom stereocenters. The van der Waals surface area contributed by atoms with Crippen LogP contribution in [0.4, 0.5) is 4.39 Å². The first-order valence-corrected chi connectivity index (χ1v) is 10.6. The molecule has 0 bridgehead atoms. The number of carbonyl (C=O) groups is 3. The Morgan fingerprint density at radius 2 is 2.00 bits per heavy atom. The molecule has 0 aliphatic rings. The van der Waals surface area contributed by atoms with Gasteiger partial charge in [0, 0.05) is 17.3 Å². The van der Waals surface area contributed by atoms with E-state index in [2.05, 4.69) is 10.4 Å². The van der Waals surface area contributed by atoms with Crippen LogP contribution in [0.3, 0.4) is 0 Å². The van der Waals surface area contributed by atoms with E-state index in [1.807, 2.05) is 6.92 Å². The van der Waals surface area contributed by atoms with Crippen LogP contribution in [0.15, 0.2) is 42.5 Å². The molecule has 0 saturated heterocycles. The van der Waals surface area contributed by atoms with Gasteiger partial charge in [-0.05, 0) is 37.0 Å². The summed E-state index contributed by atoms with van der Waals surface area (Å²) in [4.78, 5) is 36.0. The van der Waals surface area contributed by atoms with Crippen LogP contribution in [0.25, 0.3) is 10.9 Å². The van der Waals surface area contributed by atoms with E-state index in [0.29, 0.717) is 29.3 Å². The number of aldehydes is 1. The first-order valence-electron chi connectivity index (χ1n) is 10.3. The third kappa shape index (κ3) is 5.31. The molecule has 0 fully saturated rings.